The van der Waals surface area contributed by atoms with E-state index in [1.165, 1.54) is 19.3 Å². The van der Waals surface area contributed by atoms with Crippen LogP contribution in [0.1, 0.15) is 37.8 Å². The lowest BCUT2D eigenvalue weighted by molar-refractivity contribution is 0.197. The molecule has 4 rings (SSSR count). The highest BCUT2D eigenvalue weighted by atomic mass is 35.5. The molecule has 0 amide bonds. The van der Waals surface area contributed by atoms with Crippen LogP contribution < -0.4 is 10.4 Å². The van der Waals surface area contributed by atoms with E-state index in [-0.39, 0.29) is 17.7 Å². The molecular formula is C22H24Cl2N4OS. The molecule has 1 fully saturated rings. The quantitative estimate of drug-likeness (QED) is 0.581. The summed E-state index contributed by atoms with van der Waals surface area (Å²) in [5.41, 5.74) is 5.99. The van der Waals surface area contributed by atoms with Gasteiger partial charge >= 0.3 is 0 Å². The normalized spacial score (nSPS) is 22.1. The molecular weight excluding hydrogens is 439 g/mol. The minimum atomic E-state index is -0.111. The number of benzene rings is 2. The number of hydrazine groups is 1. The van der Waals surface area contributed by atoms with Gasteiger partial charge in [-0.1, -0.05) is 60.9 Å². The van der Waals surface area contributed by atoms with Crippen LogP contribution in [0.4, 0.5) is 5.69 Å². The Balaban J connectivity index is 1.68. The van der Waals surface area contributed by atoms with E-state index < -0.39 is 0 Å². The van der Waals surface area contributed by atoms with Gasteiger partial charge in [0, 0.05) is 24.0 Å². The van der Waals surface area contributed by atoms with Crippen molar-refractivity contribution >= 4 is 51.8 Å². The van der Waals surface area contributed by atoms with Gasteiger partial charge in [-0.15, -0.1) is 0 Å². The molecule has 2 unspecified atom stereocenters. The van der Waals surface area contributed by atoms with Crippen LogP contribution in [0, 0.1) is 5.92 Å². The molecule has 2 aliphatic heterocycles. The van der Waals surface area contributed by atoms with Gasteiger partial charge in [-0.2, -0.15) is 5.10 Å². The molecule has 1 saturated heterocycles. The molecule has 5 nitrogen and oxygen atoms in total. The topological polar surface area (TPSA) is 51.1 Å². The number of rotatable bonds is 4. The summed E-state index contributed by atoms with van der Waals surface area (Å²) in [7, 11) is 0. The largest absolute Gasteiger partial charge is 0.508 e. The van der Waals surface area contributed by atoms with Gasteiger partial charge in [0.2, 0.25) is 0 Å². The lowest BCUT2D eigenvalue weighted by Gasteiger charge is -2.29. The smallest absolute Gasteiger partial charge is 0.137 e. The van der Waals surface area contributed by atoms with Crippen molar-refractivity contribution in [2.24, 2.45) is 11.0 Å². The van der Waals surface area contributed by atoms with Crippen LogP contribution in [0.5, 0.6) is 5.75 Å². The molecule has 0 aliphatic carbocycles. The molecule has 30 heavy (non-hydrogen) atoms. The number of phenolic OH excluding ortho intramolecular Hbond substituents is 1. The Morgan fingerprint density at radius 1 is 1.10 bits per heavy atom. The number of hydrogen-bond donors (Lipinski definition) is 2. The first-order valence-corrected chi connectivity index (χ1v) is 11.3. The van der Waals surface area contributed by atoms with Crippen molar-refractivity contribution in [2.75, 3.05) is 18.1 Å². The molecule has 2 aliphatic rings. The van der Waals surface area contributed by atoms with Crippen LogP contribution in [0.25, 0.3) is 0 Å². The van der Waals surface area contributed by atoms with E-state index in [1.54, 1.807) is 24.3 Å². The predicted octanol–water partition coefficient (Wildman–Crippen LogP) is 5.57. The van der Waals surface area contributed by atoms with Gasteiger partial charge in [-0.3, -0.25) is 5.01 Å². The maximum atomic E-state index is 9.73. The number of hydrogen-bond acceptors (Lipinski definition) is 5. The van der Waals surface area contributed by atoms with Crippen molar-refractivity contribution in [3.8, 4) is 5.75 Å². The second kappa shape index (κ2) is 9.10. The third-order valence-electron chi connectivity index (χ3n) is 5.62. The zero-order valence-corrected chi connectivity index (χ0v) is 19.0. The Bertz CT molecular complexity index is 960. The Labute approximate surface area is 192 Å². The molecule has 8 heteroatoms. The summed E-state index contributed by atoms with van der Waals surface area (Å²) < 4.78 is 0. The summed E-state index contributed by atoms with van der Waals surface area (Å²) in [5, 5.41) is 19.8. The van der Waals surface area contributed by atoms with Crippen molar-refractivity contribution < 1.29 is 5.11 Å². The second-order valence-corrected chi connectivity index (χ2v) is 8.99. The Morgan fingerprint density at radius 2 is 1.80 bits per heavy atom. The third-order valence-corrected chi connectivity index (χ3v) is 6.46. The molecule has 2 heterocycles. The molecule has 2 aromatic rings. The Kier molecular flexibility index (Phi) is 6.48. The van der Waals surface area contributed by atoms with Gasteiger partial charge in [-0.05, 0) is 48.7 Å². The van der Waals surface area contributed by atoms with Crippen LogP contribution in [0.3, 0.4) is 0 Å². The summed E-state index contributed by atoms with van der Waals surface area (Å²) in [6.07, 6.45) is 3.59. The number of nitrogens with zero attached hydrogens (tertiary/aromatic N) is 3. The fourth-order valence-electron chi connectivity index (χ4n) is 4.06. The van der Waals surface area contributed by atoms with Crippen LogP contribution in [0.15, 0.2) is 47.6 Å². The molecule has 2 atom stereocenters. The number of nitrogens with one attached hydrogen (secondary N) is 1. The van der Waals surface area contributed by atoms with Crippen LogP contribution >= 0.6 is 35.4 Å². The van der Waals surface area contributed by atoms with E-state index in [2.05, 4.69) is 17.4 Å². The number of halogens is 2. The second-order valence-electron chi connectivity index (χ2n) is 7.74. The first-order valence-electron chi connectivity index (χ1n) is 10.1. The summed E-state index contributed by atoms with van der Waals surface area (Å²) in [5.74, 6) is 0.245. The van der Waals surface area contributed by atoms with Gasteiger partial charge in [0.15, 0.2) is 0 Å². The predicted molar refractivity (Wildman–Crippen MR) is 128 cm³/mol. The summed E-state index contributed by atoms with van der Waals surface area (Å²) in [4.78, 5) is 0.640. The van der Waals surface area contributed by atoms with Gasteiger partial charge in [-0.25, -0.2) is 5.01 Å². The lowest BCUT2D eigenvalue weighted by atomic mass is 9.91. The van der Waals surface area contributed by atoms with Crippen LogP contribution in [0.2, 0.25) is 10.0 Å². The monoisotopic (exact) mass is 462 g/mol. The molecule has 158 valence electrons. The van der Waals surface area contributed by atoms with Crippen molar-refractivity contribution in [1.82, 2.24) is 10.4 Å². The number of thiocarbonyl (C=S) groups is 1. The number of phenols is 1. The van der Waals surface area contributed by atoms with Crippen LogP contribution in [-0.4, -0.2) is 33.9 Å². The van der Waals surface area contributed by atoms with Crippen molar-refractivity contribution in [2.45, 2.75) is 32.2 Å². The molecule has 0 aromatic heterocycles. The van der Waals surface area contributed by atoms with Crippen molar-refractivity contribution in [1.29, 1.82) is 0 Å². The SMILES string of the molecule is CC1C(C(=S)NN2CCCCC2)=NN(c2ccc(Cl)cc2Cl)C1c1ccc(O)cc1. The van der Waals surface area contributed by atoms with Gasteiger partial charge in [0.05, 0.1) is 16.8 Å². The van der Waals surface area contributed by atoms with E-state index in [1.807, 2.05) is 23.2 Å². The first-order chi connectivity index (χ1) is 14.4. The third kappa shape index (κ3) is 4.42. The summed E-state index contributed by atoms with van der Waals surface area (Å²) in [6.45, 7) is 4.08. The summed E-state index contributed by atoms with van der Waals surface area (Å²) in [6, 6.07) is 12.5. The van der Waals surface area contributed by atoms with E-state index in [9.17, 15) is 5.11 Å². The van der Waals surface area contributed by atoms with E-state index >= 15 is 0 Å². The number of aromatic hydroxyl groups is 1. The highest BCUT2D eigenvalue weighted by Crippen LogP contribution is 2.42. The molecule has 2 N–H and O–H groups in total. The zero-order chi connectivity index (χ0) is 21.3. The highest BCUT2D eigenvalue weighted by Gasteiger charge is 2.39. The fraction of sp³-hybridized carbons (Fsp3) is 0.364. The van der Waals surface area contributed by atoms with Crippen molar-refractivity contribution in [3.05, 3.63) is 58.1 Å². The molecule has 0 bridgehead atoms. The standard InChI is InChI=1S/C22H24Cl2N4OS/c1-14-20(22(30)26-27-11-3-2-4-12-27)25-28(19-10-7-16(23)13-18(19)24)21(14)15-5-8-17(29)9-6-15/h5-10,13-14,21,29H,2-4,11-12H2,1H3,(H,26,30). The van der Waals surface area contributed by atoms with E-state index in [0.717, 1.165) is 30.1 Å². The molecule has 0 saturated carbocycles. The number of piperidine rings is 1. The van der Waals surface area contributed by atoms with Gasteiger partial charge < -0.3 is 10.5 Å². The number of hydrazone groups is 1. The maximum Gasteiger partial charge on any atom is 0.137 e. The Morgan fingerprint density at radius 3 is 2.47 bits per heavy atom. The van der Waals surface area contributed by atoms with E-state index in [4.69, 9.17) is 40.5 Å². The van der Waals surface area contributed by atoms with Crippen molar-refractivity contribution in [3.63, 3.8) is 0 Å². The van der Waals surface area contributed by atoms with Crippen LogP contribution in [-0.2, 0) is 0 Å². The number of anilines is 1. The molecule has 2 aromatic carbocycles. The average molecular weight is 463 g/mol. The molecule has 0 spiro atoms. The Hall–Kier alpha value is -1.86. The van der Waals surface area contributed by atoms with Gasteiger partial charge in [0.1, 0.15) is 16.4 Å². The van der Waals surface area contributed by atoms with Gasteiger partial charge in [0.25, 0.3) is 0 Å². The average Bonchev–Trinajstić information content (AvgIpc) is 3.06. The summed E-state index contributed by atoms with van der Waals surface area (Å²) >= 11 is 18.4. The molecule has 0 radical (unpaired) electrons. The maximum absolute atomic E-state index is 9.73. The first kappa shape index (κ1) is 21.4. The fourth-order valence-corrected chi connectivity index (χ4v) is 4.91. The minimum Gasteiger partial charge on any atom is -0.508 e. The zero-order valence-electron chi connectivity index (χ0n) is 16.7. The lowest BCUT2D eigenvalue weighted by Crippen LogP contribution is -2.47. The minimum absolute atomic E-state index is 0.0195. The highest BCUT2D eigenvalue weighted by molar-refractivity contribution is 7.82. The van der Waals surface area contributed by atoms with E-state index in [0.29, 0.717) is 15.0 Å².